The minimum atomic E-state index is -0.937. The van der Waals surface area contributed by atoms with Crippen molar-refractivity contribution in [2.24, 2.45) is 11.8 Å². The average Bonchev–Trinajstić information content (AvgIpc) is 2.84. The Kier molecular flexibility index (Phi) is 4.52. The Morgan fingerprint density at radius 3 is 2.63 bits per heavy atom. The van der Waals surface area contributed by atoms with Gasteiger partial charge >= 0.3 is 12.1 Å². The largest absolute Gasteiger partial charge is 0.516 e. The summed E-state index contributed by atoms with van der Waals surface area (Å²) in [6, 6.07) is 9.23. The zero-order valence-electron chi connectivity index (χ0n) is 10.8. The number of carbonyl (C=O) groups is 2. The van der Waals surface area contributed by atoms with Gasteiger partial charge in [-0.25, -0.2) is 4.79 Å². The Bertz CT molecular complexity index is 446. The molecule has 0 bridgehead atoms. The molecule has 2 atom stereocenters. The maximum atomic E-state index is 11.7. The number of hydrogen-bond acceptors (Lipinski definition) is 5. The van der Waals surface area contributed by atoms with Crippen molar-refractivity contribution in [3.63, 3.8) is 0 Å². The maximum Gasteiger partial charge on any atom is 0.516 e. The van der Waals surface area contributed by atoms with Crippen LogP contribution in [0.3, 0.4) is 0 Å². The predicted octanol–water partition coefficient (Wildman–Crippen LogP) is 1.72. The second-order valence-corrected chi connectivity index (χ2v) is 4.69. The molecule has 0 saturated carbocycles. The fourth-order valence-corrected chi connectivity index (χ4v) is 2.03. The van der Waals surface area contributed by atoms with Crippen LogP contribution in [0.1, 0.15) is 12.5 Å². The van der Waals surface area contributed by atoms with Crippen LogP contribution >= 0.6 is 0 Å². The van der Waals surface area contributed by atoms with Gasteiger partial charge in [-0.3, -0.25) is 4.79 Å². The third-order valence-electron chi connectivity index (χ3n) is 3.20. The molecule has 0 aliphatic carbocycles. The van der Waals surface area contributed by atoms with Crippen molar-refractivity contribution in [1.29, 1.82) is 0 Å². The Labute approximate surface area is 111 Å². The first-order chi connectivity index (χ1) is 9.16. The van der Waals surface area contributed by atoms with Gasteiger partial charge in [0.25, 0.3) is 0 Å². The van der Waals surface area contributed by atoms with Gasteiger partial charge in [0.1, 0.15) is 6.61 Å². The van der Waals surface area contributed by atoms with Crippen LogP contribution in [0.15, 0.2) is 30.3 Å². The van der Waals surface area contributed by atoms with Gasteiger partial charge in [-0.2, -0.15) is 0 Å². The molecular weight excluding hydrogens is 246 g/mol. The molecular formula is C14H17NO4. The summed E-state index contributed by atoms with van der Waals surface area (Å²) in [6.45, 7) is 3.36. The van der Waals surface area contributed by atoms with E-state index in [1.807, 2.05) is 37.3 Å². The summed E-state index contributed by atoms with van der Waals surface area (Å²) >= 11 is 0. The van der Waals surface area contributed by atoms with Gasteiger partial charge in [0.05, 0.1) is 5.92 Å². The van der Waals surface area contributed by atoms with Crippen LogP contribution in [0.5, 0.6) is 0 Å². The van der Waals surface area contributed by atoms with Crippen LogP contribution in [-0.4, -0.2) is 25.2 Å². The van der Waals surface area contributed by atoms with Gasteiger partial charge in [0.15, 0.2) is 0 Å². The Balaban J connectivity index is 1.76. The van der Waals surface area contributed by atoms with E-state index in [4.69, 9.17) is 4.74 Å². The summed E-state index contributed by atoms with van der Waals surface area (Å²) in [5.41, 5.74) is 0.850. The van der Waals surface area contributed by atoms with E-state index >= 15 is 0 Å². The molecule has 0 amide bonds. The van der Waals surface area contributed by atoms with Gasteiger partial charge in [-0.15, -0.1) is 0 Å². The summed E-state index contributed by atoms with van der Waals surface area (Å²) in [5.74, 6) is -0.616. The average molecular weight is 263 g/mol. The highest BCUT2D eigenvalue weighted by atomic mass is 16.7. The highest BCUT2D eigenvalue weighted by Crippen LogP contribution is 2.17. The monoisotopic (exact) mass is 263 g/mol. The van der Waals surface area contributed by atoms with Gasteiger partial charge < -0.3 is 14.8 Å². The third-order valence-corrected chi connectivity index (χ3v) is 3.20. The standard InChI is InChI=1S/C14H17NO4/c1-10-7-15-8-12(10)13(16)19-14(17)18-9-11-5-3-2-4-6-11/h2-6,10,12,15H,7-9H2,1H3/t10-,12+/m0/s1. The molecule has 1 aliphatic heterocycles. The molecule has 1 aromatic carbocycles. The quantitative estimate of drug-likeness (QED) is 0.664. The first-order valence-electron chi connectivity index (χ1n) is 6.30. The van der Waals surface area contributed by atoms with Gasteiger partial charge in [0, 0.05) is 6.54 Å². The van der Waals surface area contributed by atoms with Crippen molar-refractivity contribution >= 4 is 12.1 Å². The molecule has 1 heterocycles. The number of esters is 1. The molecule has 0 aromatic heterocycles. The summed E-state index contributed by atoms with van der Waals surface area (Å²) in [5, 5.41) is 3.08. The number of benzene rings is 1. The van der Waals surface area contributed by atoms with Crippen molar-refractivity contribution in [2.75, 3.05) is 13.1 Å². The van der Waals surface area contributed by atoms with E-state index < -0.39 is 12.1 Å². The third kappa shape index (κ3) is 3.79. The number of nitrogens with one attached hydrogen (secondary N) is 1. The SMILES string of the molecule is C[C@H]1CNC[C@H]1C(=O)OC(=O)OCc1ccccc1. The normalized spacial score (nSPS) is 21.9. The lowest BCUT2D eigenvalue weighted by atomic mass is 9.99. The van der Waals surface area contributed by atoms with Crippen LogP contribution < -0.4 is 5.32 Å². The van der Waals surface area contributed by atoms with Crippen molar-refractivity contribution in [1.82, 2.24) is 5.32 Å². The molecule has 1 fully saturated rings. The summed E-state index contributed by atoms with van der Waals surface area (Å²) in [4.78, 5) is 23.1. The first kappa shape index (κ1) is 13.5. The zero-order chi connectivity index (χ0) is 13.7. The van der Waals surface area contributed by atoms with Crippen LogP contribution in [0.25, 0.3) is 0 Å². The number of rotatable bonds is 3. The zero-order valence-corrected chi connectivity index (χ0v) is 10.8. The number of carbonyl (C=O) groups excluding carboxylic acids is 2. The van der Waals surface area contributed by atoms with Crippen LogP contribution in [0.4, 0.5) is 4.79 Å². The lowest BCUT2D eigenvalue weighted by molar-refractivity contribution is -0.145. The molecule has 5 heteroatoms. The molecule has 1 aliphatic rings. The highest BCUT2D eigenvalue weighted by Gasteiger charge is 2.32. The minimum absolute atomic E-state index is 0.103. The molecule has 1 N–H and O–H groups in total. The van der Waals surface area contributed by atoms with Gasteiger partial charge in [0.2, 0.25) is 0 Å². The van der Waals surface area contributed by atoms with E-state index in [0.717, 1.165) is 12.1 Å². The Morgan fingerprint density at radius 2 is 2.00 bits per heavy atom. The lowest BCUT2D eigenvalue weighted by Gasteiger charge is -2.12. The fraction of sp³-hybridized carbons (Fsp3) is 0.429. The summed E-state index contributed by atoms with van der Waals surface area (Å²) < 4.78 is 9.58. The molecule has 1 aromatic rings. The molecule has 0 radical (unpaired) electrons. The van der Waals surface area contributed by atoms with Gasteiger partial charge in [-0.05, 0) is 18.0 Å². The molecule has 5 nitrogen and oxygen atoms in total. The Hall–Kier alpha value is -1.88. The molecule has 102 valence electrons. The second kappa shape index (κ2) is 6.33. The van der Waals surface area contributed by atoms with Crippen LogP contribution in [0.2, 0.25) is 0 Å². The van der Waals surface area contributed by atoms with Crippen molar-refractivity contribution in [3.8, 4) is 0 Å². The van der Waals surface area contributed by atoms with E-state index in [-0.39, 0.29) is 18.4 Å². The predicted molar refractivity (Wildman–Crippen MR) is 68.2 cm³/mol. The molecule has 19 heavy (non-hydrogen) atoms. The lowest BCUT2D eigenvalue weighted by Crippen LogP contribution is -2.26. The molecule has 2 rings (SSSR count). The minimum Gasteiger partial charge on any atom is -0.429 e. The molecule has 0 spiro atoms. The summed E-state index contributed by atoms with van der Waals surface area (Å²) in [6.07, 6.45) is -0.937. The van der Waals surface area contributed by atoms with Crippen LogP contribution in [0, 0.1) is 11.8 Å². The van der Waals surface area contributed by atoms with E-state index in [0.29, 0.717) is 6.54 Å². The topological polar surface area (TPSA) is 64.6 Å². The molecule has 0 unspecified atom stereocenters. The van der Waals surface area contributed by atoms with E-state index in [1.54, 1.807) is 0 Å². The fourth-order valence-electron chi connectivity index (χ4n) is 2.03. The van der Waals surface area contributed by atoms with Crippen molar-refractivity contribution < 1.29 is 19.1 Å². The van der Waals surface area contributed by atoms with Crippen molar-refractivity contribution in [3.05, 3.63) is 35.9 Å². The van der Waals surface area contributed by atoms with Crippen LogP contribution in [-0.2, 0) is 20.9 Å². The summed E-state index contributed by atoms with van der Waals surface area (Å²) in [7, 11) is 0. The van der Waals surface area contributed by atoms with E-state index in [1.165, 1.54) is 0 Å². The van der Waals surface area contributed by atoms with E-state index in [2.05, 4.69) is 10.1 Å². The maximum absolute atomic E-state index is 11.7. The first-order valence-corrected chi connectivity index (χ1v) is 6.30. The smallest absolute Gasteiger partial charge is 0.429 e. The number of ether oxygens (including phenoxy) is 2. The Morgan fingerprint density at radius 1 is 1.26 bits per heavy atom. The van der Waals surface area contributed by atoms with Gasteiger partial charge in [-0.1, -0.05) is 37.3 Å². The molecule has 1 saturated heterocycles. The van der Waals surface area contributed by atoms with Crippen molar-refractivity contribution in [2.45, 2.75) is 13.5 Å². The van der Waals surface area contributed by atoms with E-state index in [9.17, 15) is 9.59 Å². The second-order valence-electron chi connectivity index (χ2n) is 4.69. The number of hydrogen-bond donors (Lipinski definition) is 1. The highest BCUT2D eigenvalue weighted by molar-refractivity contribution is 5.84.